The van der Waals surface area contributed by atoms with Gasteiger partial charge in [-0.25, -0.2) is 4.79 Å². The summed E-state index contributed by atoms with van der Waals surface area (Å²) in [5.74, 6) is -0.332. The molecule has 3 nitrogen and oxygen atoms in total. The molecule has 1 atom stereocenters. The number of nitrogens with zero attached hydrogens (tertiary/aromatic N) is 1. The lowest BCUT2D eigenvalue weighted by molar-refractivity contribution is -0.913. The molecule has 0 amide bonds. The van der Waals surface area contributed by atoms with Gasteiger partial charge in [0.1, 0.15) is 13.2 Å². The van der Waals surface area contributed by atoms with Gasteiger partial charge in [-0.05, 0) is 19.8 Å². The molecule has 1 unspecified atom stereocenters. The van der Waals surface area contributed by atoms with Crippen molar-refractivity contribution < 1.29 is 14.0 Å². The highest BCUT2D eigenvalue weighted by atomic mass is 16.5. The van der Waals surface area contributed by atoms with Gasteiger partial charge in [-0.15, -0.1) is 0 Å². The monoisotopic (exact) mass is 228 g/mol. The SMILES string of the molecule is C=CC(=O)OCC[N+](C)(C)C(C)CCCC. The number of rotatable bonds is 8. The van der Waals surface area contributed by atoms with Crippen LogP contribution in [0.2, 0.25) is 0 Å². The van der Waals surface area contributed by atoms with E-state index in [0.717, 1.165) is 11.0 Å². The Morgan fingerprint density at radius 1 is 1.50 bits per heavy atom. The maximum Gasteiger partial charge on any atom is 0.330 e. The van der Waals surface area contributed by atoms with E-state index in [4.69, 9.17) is 4.74 Å². The molecule has 0 aliphatic carbocycles. The topological polar surface area (TPSA) is 26.3 Å². The minimum Gasteiger partial charge on any atom is -0.457 e. The minimum atomic E-state index is -0.332. The van der Waals surface area contributed by atoms with E-state index in [9.17, 15) is 4.79 Å². The summed E-state index contributed by atoms with van der Waals surface area (Å²) in [6, 6.07) is 0.599. The van der Waals surface area contributed by atoms with Crippen molar-refractivity contribution in [2.24, 2.45) is 0 Å². The van der Waals surface area contributed by atoms with Crippen LogP contribution >= 0.6 is 0 Å². The molecule has 0 saturated carbocycles. The summed E-state index contributed by atoms with van der Waals surface area (Å²) in [7, 11) is 4.37. The Morgan fingerprint density at radius 3 is 2.62 bits per heavy atom. The van der Waals surface area contributed by atoms with Crippen molar-refractivity contribution in [2.45, 2.75) is 39.2 Å². The van der Waals surface area contributed by atoms with E-state index in [1.165, 1.54) is 25.3 Å². The Labute approximate surface area is 99.7 Å². The normalized spacial score (nSPS) is 13.2. The van der Waals surface area contributed by atoms with Crippen LogP contribution in [-0.4, -0.2) is 43.7 Å². The number of quaternary nitrogens is 1. The van der Waals surface area contributed by atoms with Gasteiger partial charge in [-0.3, -0.25) is 0 Å². The molecule has 0 aromatic heterocycles. The van der Waals surface area contributed by atoms with Crippen molar-refractivity contribution in [1.82, 2.24) is 0 Å². The zero-order valence-corrected chi connectivity index (χ0v) is 11.2. The van der Waals surface area contributed by atoms with Crippen molar-refractivity contribution >= 4 is 5.97 Å². The second-order valence-corrected chi connectivity index (χ2v) is 4.87. The van der Waals surface area contributed by atoms with Crippen LogP contribution in [0, 0.1) is 0 Å². The molecule has 0 heterocycles. The molecule has 0 aromatic rings. The average Bonchev–Trinajstić information content (AvgIpc) is 2.25. The van der Waals surface area contributed by atoms with E-state index < -0.39 is 0 Å². The molecule has 0 aliphatic rings. The zero-order valence-electron chi connectivity index (χ0n) is 11.2. The van der Waals surface area contributed by atoms with Crippen molar-refractivity contribution in [3.63, 3.8) is 0 Å². The highest BCUT2D eigenvalue weighted by molar-refractivity contribution is 5.81. The fourth-order valence-corrected chi connectivity index (χ4v) is 1.51. The van der Waals surface area contributed by atoms with Gasteiger partial charge in [0, 0.05) is 6.08 Å². The maximum absolute atomic E-state index is 10.9. The minimum absolute atomic E-state index is 0.332. The van der Waals surface area contributed by atoms with Crippen LogP contribution in [-0.2, 0) is 9.53 Å². The number of carbonyl (C=O) groups is 1. The molecule has 0 N–H and O–H groups in total. The fourth-order valence-electron chi connectivity index (χ4n) is 1.51. The summed E-state index contributed by atoms with van der Waals surface area (Å²) >= 11 is 0. The Balaban J connectivity index is 3.92. The van der Waals surface area contributed by atoms with Gasteiger partial charge in [0.2, 0.25) is 0 Å². The lowest BCUT2D eigenvalue weighted by Crippen LogP contribution is -2.49. The molecule has 0 radical (unpaired) electrons. The molecular formula is C13H26NO2+. The maximum atomic E-state index is 10.9. The Kier molecular flexibility index (Phi) is 7.06. The van der Waals surface area contributed by atoms with E-state index in [-0.39, 0.29) is 5.97 Å². The number of hydrogen-bond donors (Lipinski definition) is 0. The summed E-state index contributed by atoms with van der Waals surface area (Å²) in [6.07, 6.45) is 4.92. The number of carbonyl (C=O) groups excluding carboxylic acids is 1. The molecule has 0 saturated heterocycles. The molecule has 0 aliphatic heterocycles. The van der Waals surface area contributed by atoms with Crippen molar-refractivity contribution in [2.75, 3.05) is 27.2 Å². The van der Waals surface area contributed by atoms with Crippen LogP contribution in [0.5, 0.6) is 0 Å². The molecular weight excluding hydrogens is 202 g/mol. The second kappa shape index (κ2) is 7.44. The number of esters is 1. The van der Waals surface area contributed by atoms with E-state index in [1.807, 2.05) is 0 Å². The smallest absolute Gasteiger partial charge is 0.330 e. The van der Waals surface area contributed by atoms with Crippen molar-refractivity contribution in [1.29, 1.82) is 0 Å². The van der Waals surface area contributed by atoms with Gasteiger partial charge in [-0.2, -0.15) is 0 Å². The van der Waals surface area contributed by atoms with Crippen LogP contribution in [0.1, 0.15) is 33.1 Å². The third-order valence-corrected chi connectivity index (χ3v) is 3.25. The average molecular weight is 228 g/mol. The number of ether oxygens (including phenoxy) is 1. The fraction of sp³-hybridized carbons (Fsp3) is 0.769. The lowest BCUT2D eigenvalue weighted by atomic mass is 10.1. The number of hydrogen-bond acceptors (Lipinski definition) is 2. The lowest BCUT2D eigenvalue weighted by Gasteiger charge is -2.36. The first-order chi connectivity index (χ1) is 7.44. The van der Waals surface area contributed by atoms with E-state index >= 15 is 0 Å². The summed E-state index contributed by atoms with van der Waals surface area (Å²) in [4.78, 5) is 10.9. The van der Waals surface area contributed by atoms with Crippen LogP contribution in [0.15, 0.2) is 12.7 Å². The first-order valence-corrected chi connectivity index (χ1v) is 6.06. The summed E-state index contributed by atoms with van der Waals surface area (Å²) in [6.45, 7) is 9.15. The molecule has 94 valence electrons. The zero-order chi connectivity index (χ0) is 12.6. The second-order valence-electron chi connectivity index (χ2n) is 4.87. The predicted octanol–water partition coefficient (Wildman–Crippen LogP) is 2.37. The van der Waals surface area contributed by atoms with Gasteiger partial charge in [-0.1, -0.05) is 19.9 Å². The molecule has 0 rings (SSSR count). The van der Waals surface area contributed by atoms with E-state index in [0.29, 0.717) is 12.6 Å². The quantitative estimate of drug-likeness (QED) is 0.362. The third-order valence-electron chi connectivity index (χ3n) is 3.25. The van der Waals surface area contributed by atoms with Crippen molar-refractivity contribution in [3.05, 3.63) is 12.7 Å². The first kappa shape index (κ1) is 15.2. The third kappa shape index (κ3) is 5.91. The predicted molar refractivity (Wildman–Crippen MR) is 67.1 cm³/mol. The van der Waals surface area contributed by atoms with E-state index in [1.54, 1.807) is 0 Å². The summed E-state index contributed by atoms with van der Waals surface area (Å²) < 4.78 is 5.90. The van der Waals surface area contributed by atoms with Crippen LogP contribution < -0.4 is 0 Å². The van der Waals surface area contributed by atoms with Gasteiger partial charge in [0.25, 0.3) is 0 Å². The largest absolute Gasteiger partial charge is 0.457 e. The number of unbranched alkanes of at least 4 members (excludes halogenated alkanes) is 1. The van der Waals surface area contributed by atoms with Crippen LogP contribution in [0.25, 0.3) is 0 Å². The molecule has 3 heteroatoms. The molecule has 0 spiro atoms. The van der Waals surface area contributed by atoms with Crippen LogP contribution in [0.4, 0.5) is 0 Å². The Bertz CT molecular complexity index is 224. The summed E-state index contributed by atoms with van der Waals surface area (Å²) in [5.41, 5.74) is 0. The highest BCUT2D eigenvalue weighted by Gasteiger charge is 2.23. The van der Waals surface area contributed by atoms with Crippen molar-refractivity contribution in [3.8, 4) is 0 Å². The Hall–Kier alpha value is -0.830. The summed E-state index contributed by atoms with van der Waals surface area (Å²) in [5, 5.41) is 0. The van der Waals surface area contributed by atoms with E-state index in [2.05, 4.69) is 34.5 Å². The van der Waals surface area contributed by atoms with Gasteiger partial charge in [0.05, 0.1) is 20.1 Å². The standard InChI is InChI=1S/C13H26NO2/c1-6-8-9-12(3)14(4,5)10-11-16-13(15)7-2/h7,12H,2,6,8-11H2,1,3-5H3/q+1. The number of likely N-dealkylation sites (N-methyl/N-ethyl adjacent to an activating group) is 1. The Morgan fingerprint density at radius 2 is 2.12 bits per heavy atom. The van der Waals surface area contributed by atoms with Gasteiger partial charge in [0.15, 0.2) is 0 Å². The molecule has 16 heavy (non-hydrogen) atoms. The molecule has 0 aromatic carbocycles. The van der Waals surface area contributed by atoms with Crippen LogP contribution in [0.3, 0.4) is 0 Å². The molecule has 0 bridgehead atoms. The first-order valence-electron chi connectivity index (χ1n) is 6.06. The van der Waals surface area contributed by atoms with Gasteiger partial charge >= 0.3 is 5.97 Å². The molecule has 0 fully saturated rings. The highest BCUT2D eigenvalue weighted by Crippen LogP contribution is 2.13. The van der Waals surface area contributed by atoms with Gasteiger partial charge < -0.3 is 9.22 Å².